The van der Waals surface area contributed by atoms with Crippen molar-refractivity contribution in [1.29, 1.82) is 0 Å². The zero-order valence-corrected chi connectivity index (χ0v) is 25.6. The molecule has 9 aromatic rings. The molecular weight excluding hydrogens is 542 g/mol. The number of aromatic nitrogens is 1. The summed E-state index contributed by atoms with van der Waals surface area (Å²) in [5.41, 5.74) is 8.92. The van der Waals surface area contributed by atoms with Crippen molar-refractivity contribution in [1.82, 2.24) is 4.57 Å². The topological polar surface area (TPSA) is 4.93 Å². The van der Waals surface area contributed by atoms with Crippen LogP contribution in [-0.4, -0.2) is 4.57 Å². The number of fused-ring (bicyclic) bond motifs is 10. The molecular formula is C44H33N. The van der Waals surface area contributed by atoms with Gasteiger partial charge in [0.2, 0.25) is 0 Å². The summed E-state index contributed by atoms with van der Waals surface area (Å²) in [5, 5.41) is 13.2. The molecule has 0 fully saturated rings. The monoisotopic (exact) mass is 575 g/mol. The van der Waals surface area contributed by atoms with Gasteiger partial charge in [-0.15, -0.1) is 0 Å². The van der Waals surface area contributed by atoms with Gasteiger partial charge in [0.15, 0.2) is 0 Å². The van der Waals surface area contributed by atoms with E-state index in [1.165, 1.54) is 92.8 Å². The van der Waals surface area contributed by atoms with Crippen LogP contribution in [0.25, 0.3) is 81.7 Å². The zero-order valence-electron chi connectivity index (χ0n) is 25.6. The molecule has 0 atom stereocenters. The first-order valence-corrected chi connectivity index (χ1v) is 16.1. The summed E-state index contributed by atoms with van der Waals surface area (Å²) in [7, 11) is 0. The number of rotatable bonds is 4. The molecule has 0 radical (unpaired) electrons. The molecule has 0 N–H and O–H groups in total. The maximum absolute atomic E-state index is 2.45. The van der Waals surface area contributed by atoms with Gasteiger partial charge in [-0.25, -0.2) is 0 Å². The average Bonchev–Trinajstić information content (AvgIpc) is 3.45. The summed E-state index contributed by atoms with van der Waals surface area (Å²) in [4.78, 5) is 0. The minimum Gasteiger partial charge on any atom is -0.309 e. The summed E-state index contributed by atoms with van der Waals surface area (Å²) in [6, 6.07) is 52.3. The van der Waals surface area contributed by atoms with E-state index in [0.29, 0.717) is 0 Å². The molecule has 0 aliphatic rings. The Bertz CT molecular complexity index is 2550. The SMILES string of the molecule is CCc1ccc2c(c1)c1cc(CC)ccc1c1cc3c(-c4ccc(-n5c6ccccc6c6ccccc65)cc4)cccc3cc21. The average molecular weight is 576 g/mol. The molecule has 0 spiro atoms. The second kappa shape index (κ2) is 10.1. The second-order valence-electron chi connectivity index (χ2n) is 12.3. The third-order valence-corrected chi connectivity index (χ3v) is 9.89. The van der Waals surface area contributed by atoms with Gasteiger partial charge in [0.25, 0.3) is 0 Å². The first-order valence-electron chi connectivity index (χ1n) is 16.1. The van der Waals surface area contributed by atoms with E-state index in [1.807, 2.05) is 0 Å². The van der Waals surface area contributed by atoms with Gasteiger partial charge in [-0.05, 0) is 115 Å². The molecule has 0 saturated heterocycles. The maximum atomic E-state index is 2.45. The summed E-state index contributed by atoms with van der Waals surface area (Å²) < 4.78 is 2.39. The van der Waals surface area contributed by atoms with Crippen molar-refractivity contribution in [2.45, 2.75) is 26.7 Å². The highest BCUT2D eigenvalue weighted by Gasteiger charge is 2.15. The van der Waals surface area contributed by atoms with Crippen LogP contribution in [-0.2, 0) is 12.8 Å². The highest BCUT2D eigenvalue weighted by molar-refractivity contribution is 6.28. The quantitative estimate of drug-likeness (QED) is 0.145. The molecule has 1 heterocycles. The normalized spacial score (nSPS) is 12.0. The summed E-state index contributed by atoms with van der Waals surface area (Å²) in [6.07, 6.45) is 2.08. The minimum atomic E-state index is 1.04. The smallest absolute Gasteiger partial charge is 0.0541 e. The van der Waals surface area contributed by atoms with Crippen molar-refractivity contribution in [2.75, 3.05) is 0 Å². The molecule has 0 amide bonds. The van der Waals surface area contributed by atoms with Crippen LogP contribution in [0.5, 0.6) is 0 Å². The fourth-order valence-corrected chi connectivity index (χ4v) is 7.55. The highest BCUT2D eigenvalue weighted by Crippen LogP contribution is 2.41. The van der Waals surface area contributed by atoms with Crippen molar-refractivity contribution >= 4 is 64.9 Å². The van der Waals surface area contributed by atoms with Crippen LogP contribution in [0.4, 0.5) is 0 Å². The molecule has 0 saturated carbocycles. The molecule has 0 aliphatic heterocycles. The molecule has 1 nitrogen and oxygen atoms in total. The standard InChI is InChI=1S/C44H33N/c1-3-28-16-22-34-39(24-28)40-25-29(4-2)17-23-35(40)42-27-38-31(26-41(34)42)10-9-13-33(38)30-18-20-32(21-19-30)45-43-14-7-5-11-36(43)37-12-6-8-15-44(37)45/h5-27H,3-4H2,1-2H3. The molecule has 9 rings (SSSR count). The maximum Gasteiger partial charge on any atom is 0.0541 e. The Balaban J connectivity index is 1.26. The number of aryl methyl sites for hydroxylation is 2. The van der Waals surface area contributed by atoms with Crippen LogP contribution in [0.1, 0.15) is 25.0 Å². The Morgan fingerprint density at radius 2 is 0.956 bits per heavy atom. The summed E-state index contributed by atoms with van der Waals surface area (Å²) >= 11 is 0. The Morgan fingerprint density at radius 1 is 0.400 bits per heavy atom. The van der Waals surface area contributed by atoms with Crippen molar-refractivity contribution in [2.24, 2.45) is 0 Å². The molecule has 214 valence electrons. The molecule has 8 aromatic carbocycles. The Morgan fingerprint density at radius 3 is 1.56 bits per heavy atom. The van der Waals surface area contributed by atoms with E-state index in [0.717, 1.165) is 12.8 Å². The number of nitrogens with zero attached hydrogens (tertiary/aromatic N) is 1. The molecule has 0 aliphatic carbocycles. The van der Waals surface area contributed by atoms with Gasteiger partial charge in [-0.2, -0.15) is 0 Å². The predicted molar refractivity (Wildman–Crippen MR) is 195 cm³/mol. The predicted octanol–water partition coefficient (Wildman–Crippen LogP) is 12.2. The van der Waals surface area contributed by atoms with Crippen molar-refractivity contribution in [3.8, 4) is 16.8 Å². The largest absolute Gasteiger partial charge is 0.309 e. The Labute approximate surface area is 263 Å². The van der Waals surface area contributed by atoms with Gasteiger partial charge < -0.3 is 4.57 Å². The third-order valence-electron chi connectivity index (χ3n) is 9.89. The van der Waals surface area contributed by atoms with Gasteiger partial charge in [-0.3, -0.25) is 0 Å². The van der Waals surface area contributed by atoms with Crippen molar-refractivity contribution in [3.63, 3.8) is 0 Å². The zero-order chi connectivity index (χ0) is 30.1. The van der Waals surface area contributed by atoms with Crippen molar-refractivity contribution in [3.05, 3.63) is 151 Å². The lowest BCUT2D eigenvalue weighted by atomic mass is 9.88. The summed E-state index contributed by atoms with van der Waals surface area (Å²) in [6.45, 7) is 4.49. The van der Waals surface area contributed by atoms with Gasteiger partial charge in [-0.1, -0.05) is 117 Å². The first-order chi connectivity index (χ1) is 22.2. The van der Waals surface area contributed by atoms with Crippen molar-refractivity contribution < 1.29 is 0 Å². The number of hydrogen-bond acceptors (Lipinski definition) is 0. The number of para-hydroxylation sites is 2. The van der Waals surface area contributed by atoms with E-state index in [-0.39, 0.29) is 0 Å². The molecule has 0 unspecified atom stereocenters. The number of benzene rings is 8. The van der Waals surface area contributed by atoms with E-state index in [1.54, 1.807) is 0 Å². The lowest BCUT2D eigenvalue weighted by Crippen LogP contribution is -1.93. The molecule has 45 heavy (non-hydrogen) atoms. The van der Waals surface area contributed by atoms with Crippen LogP contribution in [0.2, 0.25) is 0 Å². The minimum absolute atomic E-state index is 1.04. The Kier molecular flexibility index (Phi) is 5.83. The highest BCUT2D eigenvalue weighted by atomic mass is 15.0. The van der Waals surface area contributed by atoms with E-state index < -0.39 is 0 Å². The molecule has 0 bridgehead atoms. The van der Waals surface area contributed by atoms with Gasteiger partial charge in [0.05, 0.1) is 11.0 Å². The fraction of sp³-hybridized carbons (Fsp3) is 0.0909. The third kappa shape index (κ3) is 3.94. The van der Waals surface area contributed by atoms with Crippen LogP contribution in [0.15, 0.2) is 140 Å². The molecule has 1 heteroatoms. The van der Waals surface area contributed by atoms with E-state index in [4.69, 9.17) is 0 Å². The lowest BCUT2D eigenvalue weighted by Gasteiger charge is -2.15. The van der Waals surface area contributed by atoms with E-state index >= 15 is 0 Å². The summed E-state index contributed by atoms with van der Waals surface area (Å²) in [5.74, 6) is 0. The van der Waals surface area contributed by atoms with E-state index in [9.17, 15) is 0 Å². The van der Waals surface area contributed by atoms with Crippen LogP contribution in [0.3, 0.4) is 0 Å². The van der Waals surface area contributed by atoms with Crippen LogP contribution >= 0.6 is 0 Å². The molecule has 1 aromatic heterocycles. The van der Waals surface area contributed by atoms with Crippen LogP contribution < -0.4 is 0 Å². The van der Waals surface area contributed by atoms with E-state index in [2.05, 4.69) is 158 Å². The van der Waals surface area contributed by atoms with Gasteiger partial charge >= 0.3 is 0 Å². The number of hydrogen-bond donors (Lipinski definition) is 0. The van der Waals surface area contributed by atoms with Gasteiger partial charge in [0.1, 0.15) is 0 Å². The van der Waals surface area contributed by atoms with Crippen LogP contribution in [0, 0.1) is 0 Å². The lowest BCUT2D eigenvalue weighted by molar-refractivity contribution is 1.14. The Hall–Kier alpha value is -5.40. The van der Waals surface area contributed by atoms with Gasteiger partial charge in [0, 0.05) is 16.5 Å². The first kappa shape index (κ1) is 26.0. The fourth-order valence-electron chi connectivity index (χ4n) is 7.55. The second-order valence-corrected chi connectivity index (χ2v) is 12.3.